The zero-order valence-corrected chi connectivity index (χ0v) is 11.6. The van der Waals surface area contributed by atoms with Gasteiger partial charge in [0, 0.05) is 43.7 Å². The third-order valence-electron chi connectivity index (χ3n) is 5.13. The van der Waals surface area contributed by atoms with Crippen molar-refractivity contribution in [3.63, 3.8) is 0 Å². The predicted molar refractivity (Wildman–Crippen MR) is 72.6 cm³/mol. The minimum atomic E-state index is 0.164. The third-order valence-corrected chi connectivity index (χ3v) is 5.13. The van der Waals surface area contributed by atoms with Gasteiger partial charge in [-0.3, -0.25) is 9.80 Å². The van der Waals surface area contributed by atoms with E-state index in [0.29, 0.717) is 0 Å². The Morgan fingerprint density at radius 2 is 2.17 bits per heavy atom. The van der Waals surface area contributed by atoms with Gasteiger partial charge in [-0.2, -0.15) is 0 Å². The molecule has 0 aromatic carbocycles. The van der Waals surface area contributed by atoms with Crippen LogP contribution in [0.1, 0.15) is 26.2 Å². The summed E-state index contributed by atoms with van der Waals surface area (Å²) in [6.07, 6.45) is 4.19. The van der Waals surface area contributed by atoms with Gasteiger partial charge in [0.15, 0.2) is 0 Å². The lowest BCUT2D eigenvalue weighted by atomic mass is 9.84. The van der Waals surface area contributed by atoms with E-state index in [4.69, 9.17) is 10.5 Å². The average Bonchev–Trinajstić information content (AvgIpc) is 2.69. The number of piperazine rings is 1. The van der Waals surface area contributed by atoms with E-state index >= 15 is 0 Å². The first-order valence-electron chi connectivity index (χ1n) is 7.47. The van der Waals surface area contributed by atoms with E-state index in [1.807, 2.05) is 0 Å². The topological polar surface area (TPSA) is 41.7 Å². The van der Waals surface area contributed by atoms with Crippen molar-refractivity contribution < 1.29 is 4.74 Å². The van der Waals surface area contributed by atoms with E-state index in [1.54, 1.807) is 0 Å². The first-order valence-corrected chi connectivity index (χ1v) is 7.47. The van der Waals surface area contributed by atoms with Crippen LogP contribution >= 0.6 is 0 Å². The van der Waals surface area contributed by atoms with Crippen molar-refractivity contribution in [2.24, 2.45) is 11.1 Å². The molecular formula is C14H27N3O. The van der Waals surface area contributed by atoms with Crippen LogP contribution in [-0.4, -0.2) is 67.8 Å². The Hall–Kier alpha value is -0.160. The van der Waals surface area contributed by atoms with E-state index in [-0.39, 0.29) is 11.5 Å². The second-order valence-electron chi connectivity index (χ2n) is 6.70. The summed E-state index contributed by atoms with van der Waals surface area (Å²) in [5.74, 6) is 0. The molecular weight excluding hydrogens is 226 g/mol. The second kappa shape index (κ2) is 5.08. The summed E-state index contributed by atoms with van der Waals surface area (Å²) in [5.41, 5.74) is 6.36. The molecule has 3 aliphatic rings. The normalized spacial score (nSPS) is 43.0. The Morgan fingerprint density at radius 3 is 2.94 bits per heavy atom. The molecule has 2 N–H and O–H groups in total. The van der Waals surface area contributed by atoms with E-state index < -0.39 is 0 Å². The van der Waals surface area contributed by atoms with Crippen LogP contribution in [0.5, 0.6) is 0 Å². The Balaban J connectivity index is 1.57. The smallest absolute Gasteiger partial charge is 0.0624 e. The SMILES string of the molecule is CC1(CN2CCN3CCCCC3C2)COCC1N. The number of nitrogens with zero attached hydrogens (tertiary/aromatic N) is 2. The molecule has 0 aromatic rings. The molecule has 0 bridgehead atoms. The van der Waals surface area contributed by atoms with Gasteiger partial charge in [0.05, 0.1) is 13.2 Å². The van der Waals surface area contributed by atoms with Crippen LogP contribution in [0, 0.1) is 5.41 Å². The summed E-state index contributed by atoms with van der Waals surface area (Å²) in [5, 5.41) is 0. The third kappa shape index (κ3) is 2.44. The van der Waals surface area contributed by atoms with Crippen molar-refractivity contribution in [2.75, 3.05) is 45.9 Å². The highest BCUT2D eigenvalue weighted by molar-refractivity contribution is 4.94. The highest BCUT2D eigenvalue weighted by Crippen LogP contribution is 2.30. The minimum absolute atomic E-state index is 0.164. The fourth-order valence-corrected chi connectivity index (χ4v) is 3.76. The average molecular weight is 253 g/mol. The molecule has 0 saturated carbocycles. The fraction of sp³-hybridized carbons (Fsp3) is 1.00. The number of ether oxygens (including phenoxy) is 1. The quantitative estimate of drug-likeness (QED) is 0.779. The van der Waals surface area contributed by atoms with Crippen LogP contribution < -0.4 is 5.73 Å². The van der Waals surface area contributed by atoms with Crippen molar-refractivity contribution in [1.29, 1.82) is 0 Å². The molecule has 0 aromatic heterocycles. The Bertz CT molecular complexity index is 299. The molecule has 3 aliphatic heterocycles. The maximum Gasteiger partial charge on any atom is 0.0624 e. The lowest BCUT2D eigenvalue weighted by molar-refractivity contribution is 0.0243. The number of piperidine rings is 1. The molecule has 0 amide bonds. The summed E-state index contributed by atoms with van der Waals surface area (Å²) in [4.78, 5) is 5.31. The summed E-state index contributed by atoms with van der Waals surface area (Å²) < 4.78 is 5.56. The number of fused-ring (bicyclic) bond motifs is 1. The van der Waals surface area contributed by atoms with Crippen molar-refractivity contribution >= 4 is 0 Å². The van der Waals surface area contributed by atoms with E-state index in [2.05, 4.69) is 16.7 Å². The summed E-state index contributed by atoms with van der Waals surface area (Å²) >= 11 is 0. The van der Waals surface area contributed by atoms with Crippen molar-refractivity contribution in [3.8, 4) is 0 Å². The van der Waals surface area contributed by atoms with Crippen molar-refractivity contribution in [1.82, 2.24) is 9.80 Å². The summed E-state index contributed by atoms with van der Waals surface area (Å²) in [6, 6.07) is 1.01. The monoisotopic (exact) mass is 253 g/mol. The van der Waals surface area contributed by atoms with Crippen LogP contribution in [0.3, 0.4) is 0 Å². The van der Waals surface area contributed by atoms with Crippen LogP contribution in [0.15, 0.2) is 0 Å². The van der Waals surface area contributed by atoms with Crippen LogP contribution in [-0.2, 0) is 4.74 Å². The predicted octanol–water partition coefficient (Wildman–Crippen LogP) is 0.520. The number of hydrogen-bond acceptors (Lipinski definition) is 4. The lowest BCUT2D eigenvalue weighted by Crippen LogP contribution is -2.58. The van der Waals surface area contributed by atoms with E-state index in [9.17, 15) is 0 Å². The molecule has 0 spiro atoms. The molecule has 3 atom stereocenters. The van der Waals surface area contributed by atoms with Crippen LogP contribution in [0.4, 0.5) is 0 Å². The highest BCUT2D eigenvalue weighted by atomic mass is 16.5. The summed E-state index contributed by atoms with van der Waals surface area (Å²) in [6.45, 7) is 9.98. The van der Waals surface area contributed by atoms with Gasteiger partial charge in [0.1, 0.15) is 0 Å². The van der Waals surface area contributed by atoms with Crippen LogP contribution in [0.2, 0.25) is 0 Å². The van der Waals surface area contributed by atoms with Gasteiger partial charge in [-0.05, 0) is 19.4 Å². The molecule has 4 heteroatoms. The maximum atomic E-state index is 6.20. The molecule has 3 fully saturated rings. The molecule has 104 valence electrons. The first kappa shape index (κ1) is 12.9. The molecule has 18 heavy (non-hydrogen) atoms. The van der Waals surface area contributed by atoms with Crippen molar-refractivity contribution in [2.45, 2.75) is 38.3 Å². The number of rotatable bonds is 2. The Morgan fingerprint density at radius 1 is 1.28 bits per heavy atom. The summed E-state index contributed by atoms with van der Waals surface area (Å²) in [7, 11) is 0. The zero-order chi connectivity index (χ0) is 12.6. The molecule has 4 nitrogen and oxygen atoms in total. The molecule has 3 saturated heterocycles. The Labute approximate surface area is 110 Å². The standard InChI is InChI=1S/C14H27N3O/c1-14(11-18-9-13(14)15)10-16-6-7-17-5-3-2-4-12(17)8-16/h12-13H,2-11,15H2,1H3. The molecule has 3 rings (SSSR count). The number of hydrogen-bond donors (Lipinski definition) is 1. The van der Waals surface area contributed by atoms with Gasteiger partial charge >= 0.3 is 0 Å². The van der Waals surface area contributed by atoms with Gasteiger partial charge in [0.25, 0.3) is 0 Å². The molecule has 0 aliphatic carbocycles. The largest absolute Gasteiger partial charge is 0.379 e. The molecule has 3 unspecified atom stereocenters. The van der Waals surface area contributed by atoms with Gasteiger partial charge < -0.3 is 10.5 Å². The second-order valence-corrected chi connectivity index (χ2v) is 6.70. The lowest BCUT2D eigenvalue weighted by Gasteiger charge is -2.46. The zero-order valence-electron chi connectivity index (χ0n) is 11.6. The van der Waals surface area contributed by atoms with Gasteiger partial charge in [0.2, 0.25) is 0 Å². The number of nitrogens with two attached hydrogens (primary N) is 1. The fourth-order valence-electron chi connectivity index (χ4n) is 3.76. The van der Waals surface area contributed by atoms with Crippen LogP contribution in [0.25, 0.3) is 0 Å². The van der Waals surface area contributed by atoms with Gasteiger partial charge in [-0.1, -0.05) is 13.3 Å². The first-order chi connectivity index (χ1) is 8.67. The molecule has 0 radical (unpaired) electrons. The molecule has 3 heterocycles. The highest BCUT2D eigenvalue weighted by Gasteiger charge is 2.40. The van der Waals surface area contributed by atoms with Gasteiger partial charge in [-0.15, -0.1) is 0 Å². The minimum Gasteiger partial charge on any atom is -0.379 e. The van der Waals surface area contributed by atoms with E-state index in [1.165, 1.54) is 45.4 Å². The maximum absolute atomic E-state index is 6.20. The van der Waals surface area contributed by atoms with E-state index in [0.717, 1.165) is 25.8 Å². The van der Waals surface area contributed by atoms with Gasteiger partial charge in [-0.25, -0.2) is 0 Å². The Kier molecular flexibility index (Phi) is 3.63. The van der Waals surface area contributed by atoms with Crippen molar-refractivity contribution in [3.05, 3.63) is 0 Å².